The third-order valence-electron chi connectivity index (χ3n) is 2.82. The lowest BCUT2D eigenvalue weighted by molar-refractivity contribution is -0.138. The first-order valence-electron chi connectivity index (χ1n) is 4.43. The molecule has 2 heteroatoms. The molecule has 12 heavy (non-hydrogen) atoms. The predicted octanol–water partition coefficient (Wildman–Crippen LogP) is 1.68. The van der Waals surface area contributed by atoms with Crippen molar-refractivity contribution in [3.05, 3.63) is 12.7 Å². The molecule has 1 saturated carbocycles. The first-order chi connectivity index (χ1) is 5.61. The van der Waals surface area contributed by atoms with Crippen LogP contribution in [0.1, 0.15) is 32.6 Å². The number of carbonyl (C=O) groups is 1. The van der Waals surface area contributed by atoms with Crippen LogP contribution in [-0.2, 0) is 4.79 Å². The molecule has 0 heterocycles. The average molecular weight is 168 g/mol. The Labute approximate surface area is 73.3 Å². The van der Waals surface area contributed by atoms with E-state index in [-0.39, 0.29) is 5.78 Å². The molecule has 0 saturated heterocycles. The number of hydrogen-bond acceptors (Lipinski definition) is 2. The maximum Gasteiger partial charge on any atom is 0.141 e. The van der Waals surface area contributed by atoms with Crippen LogP contribution in [-0.4, -0.2) is 17.0 Å². The van der Waals surface area contributed by atoms with Crippen molar-refractivity contribution in [3.63, 3.8) is 0 Å². The fourth-order valence-corrected chi connectivity index (χ4v) is 1.80. The molecule has 2 atom stereocenters. The van der Waals surface area contributed by atoms with Gasteiger partial charge >= 0.3 is 0 Å². The molecule has 0 aliphatic heterocycles. The van der Waals surface area contributed by atoms with Gasteiger partial charge in [-0.2, -0.15) is 0 Å². The Hall–Kier alpha value is -0.630. The standard InChI is InChI=1S/C10H16O2/c1-3-7-10(2)8(11)5-4-6-9(10)12/h3,8,11H,1,4-7H2,2H3/t8-,10+/m0/s1. The summed E-state index contributed by atoms with van der Waals surface area (Å²) in [6.07, 6.45) is 4.01. The van der Waals surface area contributed by atoms with Crippen molar-refractivity contribution >= 4 is 5.78 Å². The highest BCUT2D eigenvalue weighted by Crippen LogP contribution is 2.36. The second-order valence-electron chi connectivity index (χ2n) is 3.74. The third-order valence-corrected chi connectivity index (χ3v) is 2.82. The topological polar surface area (TPSA) is 37.3 Å². The van der Waals surface area contributed by atoms with E-state index in [0.29, 0.717) is 12.8 Å². The van der Waals surface area contributed by atoms with Gasteiger partial charge in [0.25, 0.3) is 0 Å². The molecule has 0 radical (unpaired) electrons. The summed E-state index contributed by atoms with van der Waals surface area (Å²) >= 11 is 0. The lowest BCUT2D eigenvalue weighted by Crippen LogP contribution is -2.42. The minimum absolute atomic E-state index is 0.182. The molecule has 0 unspecified atom stereocenters. The fraction of sp³-hybridized carbons (Fsp3) is 0.700. The zero-order valence-electron chi connectivity index (χ0n) is 7.55. The Bertz CT molecular complexity index is 198. The third kappa shape index (κ3) is 1.44. The number of aliphatic hydroxyl groups excluding tert-OH is 1. The predicted molar refractivity (Wildman–Crippen MR) is 47.8 cm³/mol. The number of hydrogen-bond donors (Lipinski definition) is 1. The van der Waals surface area contributed by atoms with Crippen molar-refractivity contribution in [1.82, 2.24) is 0 Å². The smallest absolute Gasteiger partial charge is 0.141 e. The summed E-state index contributed by atoms with van der Waals surface area (Å²) in [5, 5.41) is 9.66. The highest BCUT2D eigenvalue weighted by molar-refractivity contribution is 5.86. The van der Waals surface area contributed by atoms with E-state index in [2.05, 4.69) is 6.58 Å². The van der Waals surface area contributed by atoms with Crippen LogP contribution < -0.4 is 0 Å². The molecule has 0 aromatic heterocycles. The first-order valence-corrected chi connectivity index (χ1v) is 4.43. The highest BCUT2D eigenvalue weighted by Gasteiger charge is 2.41. The van der Waals surface area contributed by atoms with Crippen LogP contribution in [0.3, 0.4) is 0 Å². The van der Waals surface area contributed by atoms with Gasteiger partial charge in [-0.3, -0.25) is 4.79 Å². The lowest BCUT2D eigenvalue weighted by Gasteiger charge is -2.36. The Balaban J connectivity index is 2.79. The highest BCUT2D eigenvalue weighted by atomic mass is 16.3. The van der Waals surface area contributed by atoms with Crippen molar-refractivity contribution in [2.75, 3.05) is 0 Å². The summed E-state index contributed by atoms with van der Waals surface area (Å²) < 4.78 is 0. The van der Waals surface area contributed by atoms with Crippen molar-refractivity contribution < 1.29 is 9.90 Å². The molecule has 1 N–H and O–H groups in total. The molecular formula is C10H16O2. The van der Waals surface area contributed by atoms with Gasteiger partial charge in [-0.1, -0.05) is 6.08 Å². The van der Waals surface area contributed by atoms with Crippen LogP contribution in [0.2, 0.25) is 0 Å². The molecule has 2 nitrogen and oxygen atoms in total. The Morgan fingerprint density at radius 3 is 3.00 bits per heavy atom. The van der Waals surface area contributed by atoms with Gasteiger partial charge < -0.3 is 5.11 Å². The number of Topliss-reactive ketones (excluding diaryl/α,β-unsaturated/α-hetero) is 1. The minimum atomic E-state index is -0.556. The summed E-state index contributed by atoms with van der Waals surface area (Å²) in [6.45, 7) is 5.44. The second kappa shape index (κ2) is 3.40. The monoisotopic (exact) mass is 168 g/mol. The molecule has 1 fully saturated rings. The molecule has 0 bridgehead atoms. The number of carbonyl (C=O) groups excluding carboxylic acids is 1. The Kier molecular flexibility index (Phi) is 2.68. The summed E-state index contributed by atoms with van der Waals surface area (Å²) in [7, 11) is 0. The summed E-state index contributed by atoms with van der Waals surface area (Å²) in [5.41, 5.74) is -0.556. The van der Waals surface area contributed by atoms with Gasteiger partial charge in [0, 0.05) is 6.42 Å². The van der Waals surface area contributed by atoms with Crippen molar-refractivity contribution in [2.45, 2.75) is 38.7 Å². The Morgan fingerprint density at radius 2 is 2.50 bits per heavy atom. The van der Waals surface area contributed by atoms with E-state index in [1.807, 2.05) is 6.92 Å². The molecule has 0 aromatic rings. The molecule has 0 amide bonds. The number of allylic oxidation sites excluding steroid dienone is 1. The molecule has 1 rings (SSSR count). The summed E-state index contributed by atoms with van der Waals surface area (Å²) in [5.74, 6) is 0.182. The zero-order valence-corrected chi connectivity index (χ0v) is 7.55. The van der Waals surface area contributed by atoms with Crippen LogP contribution in [0.5, 0.6) is 0 Å². The molecule has 1 aliphatic carbocycles. The van der Waals surface area contributed by atoms with Gasteiger partial charge in [0.05, 0.1) is 11.5 Å². The number of rotatable bonds is 2. The van der Waals surface area contributed by atoms with E-state index in [1.54, 1.807) is 6.08 Å². The van der Waals surface area contributed by atoms with E-state index in [1.165, 1.54) is 0 Å². The quantitative estimate of drug-likeness (QED) is 0.637. The van der Waals surface area contributed by atoms with Gasteiger partial charge in [-0.25, -0.2) is 0 Å². The maximum absolute atomic E-state index is 11.5. The summed E-state index contributed by atoms with van der Waals surface area (Å²) in [6, 6.07) is 0. The van der Waals surface area contributed by atoms with E-state index in [4.69, 9.17) is 0 Å². The van der Waals surface area contributed by atoms with Gasteiger partial charge in [0.15, 0.2) is 0 Å². The molecule has 0 aromatic carbocycles. The van der Waals surface area contributed by atoms with E-state index >= 15 is 0 Å². The van der Waals surface area contributed by atoms with Crippen LogP contribution >= 0.6 is 0 Å². The number of ketones is 1. The largest absolute Gasteiger partial charge is 0.392 e. The van der Waals surface area contributed by atoms with Crippen molar-refractivity contribution in [1.29, 1.82) is 0 Å². The lowest BCUT2D eigenvalue weighted by atomic mass is 9.70. The van der Waals surface area contributed by atoms with E-state index < -0.39 is 11.5 Å². The zero-order chi connectivity index (χ0) is 9.19. The Morgan fingerprint density at radius 1 is 1.83 bits per heavy atom. The molecular weight excluding hydrogens is 152 g/mol. The van der Waals surface area contributed by atoms with Gasteiger partial charge in [-0.15, -0.1) is 6.58 Å². The maximum atomic E-state index is 11.5. The van der Waals surface area contributed by atoms with Crippen LogP contribution in [0.15, 0.2) is 12.7 Å². The van der Waals surface area contributed by atoms with Gasteiger partial charge in [0.1, 0.15) is 5.78 Å². The van der Waals surface area contributed by atoms with Crippen LogP contribution in [0.4, 0.5) is 0 Å². The average Bonchev–Trinajstić information content (AvgIpc) is 2.02. The van der Waals surface area contributed by atoms with Crippen LogP contribution in [0, 0.1) is 5.41 Å². The van der Waals surface area contributed by atoms with Crippen molar-refractivity contribution in [2.24, 2.45) is 5.41 Å². The second-order valence-corrected chi connectivity index (χ2v) is 3.74. The SMILES string of the molecule is C=CC[C@@]1(C)C(=O)CCC[C@@H]1O. The minimum Gasteiger partial charge on any atom is -0.392 e. The fourth-order valence-electron chi connectivity index (χ4n) is 1.80. The van der Waals surface area contributed by atoms with Crippen molar-refractivity contribution in [3.8, 4) is 0 Å². The normalized spacial score (nSPS) is 36.5. The summed E-state index contributed by atoms with van der Waals surface area (Å²) in [4.78, 5) is 11.5. The molecule has 1 aliphatic rings. The van der Waals surface area contributed by atoms with Crippen LogP contribution in [0.25, 0.3) is 0 Å². The van der Waals surface area contributed by atoms with Gasteiger partial charge in [0.2, 0.25) is 0 Å². The molecule has 68 valence electrons. The van der Waals surface area contributed by atoms with E-state index in [0.717, 1.165) is 12.8 Å². The number of aliphatic hydroxyl groups is 1. The van der Waals surface area contributed by atoms with E-state index in [9.17, 15) is 9.90 Å². The van der Waals surface area contributed by atoms with Gasteiger partial charge in [-0.05, 0) is 26.2 Å². The molecule has 0 spiro atoms. The first kappa shape index (κ1) is 9.46.